The van der Waals surface area contributed by atoms with Gasteiger partial charge in [0.2, 0.25) is 0 Å². The Labute approximate surface area is 125 Å². The first-order chi connectivity index (χ1) is 9.11. The van der Waals surface area contributed by atoms with E-state index < -0.39 is 0 Å². The summed E-state index contributed by atoms with van der Waals surface area (Å²) < 4.78 is 5.97. The Kier molecular flexibility index (Phi) is 4.96. The van der Waals surface area contributed by atoms with Gasteiger partial charge in [-0.25, -0.2) is 0 Å². The van der Waals surface area contributed by atoms with E-state index in [1.165, 1.54) is 0 Å². The fourth-order valence-corrected chi connectivity index (χ4v) is 2.58. The summed E-state index contributed by atoms with van der Waals surface area (Å²) in [6.45, 7) is 1.21. The predicted molar refractivity (Wildman–Crippen MR) is 82.0 cm³/mol. The lowest BCUT2D eigenvalue weighted by Crippen LogP contribution is -2.28. The van der Waals surface area contributed by atoms with Gasteiger partial charge in [0.15, 0.2) is 0 Å². The molecule has 2 aromatic heterocycles. The second-order valence-electron chi connectivity index (χ2n) is 4.28. The van der Waals surface area contributed by atoms with Gasteiger partial charge in [0.25, 0.3) is 0 Å². The Balaban J connectivity index is 2.29. The Bertz CT molecular complexity index is 567. The van der Waals surface area contributed by atoms with Crippen molar-refractivity contribution in [3.63, 3.8) is 0 Å². The van der Waals surface area contributed by atoms with Gasteiger partial charge in [-0.2, -0.15) is 0 Å². The summed E-state index contributed by atoms with van der Waals surface area (Å²) in [6.07, 6.45) is 3.55. The number of anilines is 1. The molecule has 1 atom stereocenters. The molecule has 0 saturated heterocycles. The van der Waals surface area contributed by atoms with Crippen LogP contribution in [-0.4, -0.2) is 42.7 Å². The number of methoxy groups -OCH3 is 1. The molecule has 0 saturated carbocycles. The van der Waals surface area contributed by atoms with Crippen LogP contribution < -0.4 is 4.90 Å². The third kappa shape index (κ3) is 3.55. The molecule has 0 radical (unpaired) electrons. The number of hydrogen-bond donors (Lipinski definition) is 0. The van der Waals surface area contributed by atoms with E-state index >= 15 is 0 Å². The van der Waals surface area contributed by atoms with E-state index in [-0.39, 0.29) is 5.38 Å². The molecule has 2 aromatic rings. The van der Waals surface area contributed by atoms with E-state index in [4.69, 9.17) is 16.3 Å². The molecule has 0 spiro atoms. The highest BCUT2D eigenvalue weighted by molar-refractivity contribution is 9.10. The smallest absolute Gasteiger partial charge is 0.112 e. The minimum absolute atomic E-state index is 0.0614. The normalized spacial score (nSPS) is 12.6. The molecule has 102 valence electrons. The number of ether oxygens (including phenoxy) is 1. The third-order valence-corrected chi connectivity index (χ3v) is 3.45. The zero-order valence-electron chi connectivity index (χ0n) is 10.8. The summed E-state index contributed by atoms with van der Waals surface area (Å²) in [5, 5.41) is -0.0614. The van der Waals surface area contributed by atoms with Crippen molar-refractivity contribution < 1.29 is 4.74 Å². The third-order valence-electron chi connectivity index (χ3n) is 2.75. The Morgan fingerprint density at radius 2 is 2.26 bits per heavy atom. The summed E-state index contributed by atoms with van der Waals surface area (Å²) in [4.78, 5) is 10.8. The second-order valence-corrected chi connectivity index (χ2v) is 5.82. The summed E-state index contributed by atoms with van der Waals surface area (Å²) >= 11 is 9.59. The Morgan fingerprint density at radius 1 is 1.47 bits per heavy atom. The van der Waals surface area contributed by atoms with Crippen molar-refractivity contribution in [3.8, 4) is 0 Å². The predicted octanol–water partition coefficient (Wildman–Crippen LogP) is 3.08. The van der Waals surface area contributed by atoms with Crippen LogP contribution in [0.1, 0.15) is 0 Å². The van der Waals surface area contributed by atoms with Crippen LogP contribution in [0.5, 0.6) is 0 Å². The van der Waals surface area contributed by atoms with Gasteiger partial charge in [0.1, 0.15) is 5.52 Å². The fraction of sp³-hybridized carbons (Fsp3) is 0.385. The minimum Gasteiger partial charge on any atom is -0.383 e. The molecule has 2 heterocycles. The van der Waals surface area contributed by atoms with Gasteiger partial charge in [0.05, 0.1) is 23.2 Å². The lowest BCUT2D eigenvalue weighted by atomic mass is 10.2. The average Bonchev–Trinajstić information content (AvgIpc) is 2.37. The van der Waals surface area contributed by atoms with Gasteiger partial charge in [0, 0.05) is 37.6 Å². The van der Waals surface area contributed by atoms with E-state index in [1.807, 2.05) is 19.2 Å². The second kappa shape index (κ2) is 6.50. The van der Waals surface area contributed by atoms with Crippen molar-refractivity contribution in [1.82, 2.24) is 9.97 Å². The van der Waals surface area contributed by atoms with E-state index in [1.54, 1.807) is 19.5 Å². The number of rotatable bonds is 5. The maximum atomic E-state index is 6.19. The molecule has 0 aliphatic carbocycles. The SMILES string of the molecule is COCC(Cl)CN(C)c1ccnc2cc(Br)cnc12. The van der Waals surface area contributed by atoms with Crippen molar-refractivity contribution in [2.45, 2.75) is 5.38 Å². The molecule has 0 fully saturated rings. The van der Waals surface area contributed by atoms with Crippen LogP contribution >= 0.6 is 27.5 Å². The molecular formula is C13H15BrClN3O. The first kappa shape index (κ1) is 14.5. The first-order valence-electron chi connectivity index (χ1n) is 5.86. The molecule has 0 amide bonds. The summed E-state index contributed by atoms with van der Waals surface area (Å²) in [6, 6.07) is 3.90. The molecule has 4 nitrogen and oxygen atoms in total. The zero-order valence-corrected chi connectivity index (χ0v) is 13.1. The van der Waals surface area contributed by atoms with Crippen molar-refractivity contribution in [2.24, 2.45) is 0 Å². The number of hydrogen-bond acceptors (Lipinski definition) is 4. The number of halogens is 2. The van der Waals surface area contributed by atoms with E-state index in [0.717, 1.165) is 21.2 Å². The molecule has 0 aromatic carbocycles. The zero-order chi connectivity index (χ0) is 13.8. The van der Waals surface area contributed by atoms with Crippen molar-refractivity contribution in [3.05, 3.63) is 29.0 Å². The van der Waals surface area contributed by atoms with Crippen LogP contribution in [-0.2, 0) is 4.74 Å². The standard InChI is InChI=1S/C13H15BrClN3O/c1-18(7-10(15)8-19-2)12-3-4-16-11-5-9(14)6-17-13(11)12/h3-6,10H,7-8H2,1-2H3. The van der Waals surface area contributed by atoms with Crippen molar-refractivity contribution in [1.29, 1.82) is 0 Å². The van der Waals surface area contributed by atoms with Crippen LogP contribution in [0.25, 0.3) is 11.0 Å². The highest BCUT2D eigenvalue weighted by atomic mass is 79.9. The highest BCUT2D eigenvalue weighted by Crippen LogP contribution is 2.24. The number of pyridine rings is 2. The molecular weight excluding hydrogens is 330 g/mol. The monoisotopic (exact) mass is 343 g/mol. The van der Waals surface area contributed by atoms with Crippen LogP contribution in [0.4, 0.5) is 5.69 Å². The van der Waals surface area contributed by atoms with E-state index in [0.29, 0.717) is 13.2 Å². The quantitative estimate of drug-likeness (QED) is 0.781. The molecule has 2 rings (SSSR count). The minimum atomic E-state index is -0.0614. The molecule has 0 aliphatic heterocycles. The highest BCUT2D eigenvalue weighted by Gasteiger charge is 2.12. The Hall–Kier alpha value is -0.910. The summed E-state index contributed by atoms with van der Waals surface area (Å²) in [7, 11) is 3.64. The van der Waals surface area contributed by atoms with Crippen LogP contribution in [0.2, 0.25) is 0 Å². The number of fused-ring (bicyclic) bond motifs is 1. The number of alkyl halides is 1. The van der Waals surface area contributed by atoms with E-state index in [9.17, 15) is 0 Å². The van der Waals surface area contributed by atoms with Gasteiger partial charge < -0.3 is 9.64 Å². The van der Waals surface area contributed by atoms with Gasteiger partial charge in [-0.3, -0.25) is 9.97 Å². The Morgan fingerprint density at radius 3 is 3.00 bits per heavy atom. The largest absolute Gasteiger partial charge is 0.383 e. The molecule has 0 aliphatic rings. The molecule has 19 heavy (non-hydrogen) atoms. The van der Waals surface area contributed by atoms with Crippen molar-refractivity contribution in [2.75, 3.05) is 32.2 Å². The number of nitrogens with zero attached hydrogens (tertiary/aromatic N) is 3. The lowest BCUT2D eigenvalue weighted by molar-refractivity contribution is 0.199. The van der Waals surface area contributed by atoms with Crippen LogP contribution in [0.3, 0.4) is 0 Å². The van der Waals surface area contributed by atoms with Crippen molar-refractivity contribution >= 4 is 44.3 Å². The first-order valence-corrected chi connectivity index (χ1v) is 7.09. The molecule has 1 unspecified atom stereocenters. The average molecular weight is 345 g/mol. The molecule has 0 N–H and O–H groups in total. The maximum absolute atomic E-state index is 6.19. The number of aromatic nitrogens is 2. The van der Waals surface area contributed by atoms with Gasteiger partial charge in [-0.05, 0) is 28.1 Å². The molecule has 6 heteroatoms. The van der Waals surface area contributed by atoms with Crippen LogP contribution in [0, 0.1) is 0 Å². The maximum Gasteiger partial charge on any atom is 0.112 e. The topological polar surface area (TPSA) is 38.2 Å². The van der Waals surface area contributed by atoms with E-state index in [2.05, 4.69) is 30.8 Å². The van der Waals surface area contributed by atoms with Crippen LogP contribution in [0.15, 0.2) is 29.0 Å². The summed E-state index contributed by atoms with van der Waals surface area (Å²) in [5.41, 5.74) is 2.74. The van der Waals surface area contributed by atoms with Gasteiger partial charge in [-0.15, -0.1) is 11.6 Å². The fourth-order valence-electron chi connectivity index (χ4n) is 1.93. The lowest BCUT2D eigenvalue weighted by Gasteiger charge is -2.22. The molecule has 0 bridgehead atoms. The van der Waals surface area contributed by atoms with Gasteiger partial charge in [-0.1, -0.05) is 0 Å². The summed E-state index contributed by atoms with van der Waals surface area (Å²) in [5.74, 6) is 0. The van der Waals surface area contributed by atoms with Gasteiger partial charge >= 0.3 is 0 Å².